The highest BCUT2D eigenvalue weighted by atomic mass is 32.1. The van der Waals surface area contributed by atoms with E-state index in [1.165, 1.54) is 0 Å². The third-order valence-corrected chi connectivity index (χ3v) is 4.67. The second kappa shape index (κ2) is 6.52. The summed E-state index contributed by atoms with van der Waals surface area (Å²) < 4.78 is 0. The lowest BCUT2D eigenvalue weighted by Crippen LogP contribution is -2.42. The molecule has 0 amide bonds. The van der Waals surface area contributed by atoms with Gasteiger partial charge >= 0.3 is 5.97 Å². The van der Waals surface area contributed by atoms with Gasteiger partial charge in [0.2, 0.25) is 0 Å². The number of aliphatic carboxylic acids is 1. The molecule has 116 valence electrons. The standard InChI is InChI=1S/C16H19N3O2S/c20-15(21)11-7-5-10(6-8-11)9-17-14-12-3-1-2-4-13(12)18-16(22)19-14/h1-4,10-12H,5-9H2,(H,20,21)(H,17,19,22). The number of thiocarbonyl (C=S) groups is 1. The highest BCUT2D eigenvalue weighted by Gasteiger charge is 2.28. The molecule has 0 spiro atoms. The van der Waals surface area contributed by atoms with Crippen LogP contribution in [-0.2, 0) is 4.79 Å². The SMILES string of the molecule is O=C(O)C1CCC(CN=C2NC(=S)N=C3C=CC=CC32)CC1. The van der Waals surface area contributed by atoms with Gasteiger partial charge in [0, 0.05) is 6.54 Å². The van der Waals surface area contributed by atoms with E-state index in [1.54, 1.807) is 0 Å². The number of nitrogens with one attached hydrogen (secondary N) is 1. The zero-order valence-electron chi connectivity index (χ0n) is 12.2. The van der Waals surface area contributed by atoms with Crippen LogP contribution in [0, 0.1) is 17.8 Å². The van der Waals surface area contributed by atoms with E-state index in [-0.39, 0.29) is 11.8 Å². The number of carboxylic acid groups (broad SMARTS) is 1. The van der Waals surface area contributed by atoms with Gasteiger partial charge in [0.25, 0.3) is 0 Å². The summed E-state index contributed by atoms with van der Waals surface area (Å²) in [4.78, 5) is 20.0. The average Bonchev–Trinajstić information content (AvgIpc) is 2.52. The zero-order valence-corrected chi connectivity index (χ0v) is 13.1. The van der Waals surface area contributed by atoms with Gasteiger partial charge < -0.3 is 10.4 Å². The molecule has 2 N–H and O–H groups in total. The van der Waals surface area contributed by atoms with E-state index in [9.17, 15) is 4.79 Å². The van der Waals surface area contributed by atoms with Crippen LogP contribution in [0.3, 0.4) is 0 Å². The molecule has 0 saturated heterocycles. The van der Waals surface area contributed by atoms with Crippen LogP contribution in [-0.4, -0.2) is 34.3 Å². The van der Waals surface area contributed by atoms with Crippen LogP contribution in [0.5, 0.6) is 0 Å². The van der Waals surface area contributed by atoms with Crippen LogP contribution in [0.4, 0.5) is 0 Å². The summed E-state index contributed by atoms with van der Waals surface area (Å²) in [5.41, 5.74) is 0.930. The van der Waals surface area contributed by atoms with Crippen LogP contribution in [0.2, 0.25) is 0 Å². The number of hydrogen-bond donors (Lipinski definition) is 2. The van der Waals surface area contributed by atoms with Gasteiger partial charge in [0.15, 0.2) is 5.11 Å². The van der Waals surface area contributed by atoms with Crippen molar-refractivity contribution in [3.8, 4) is 0 Å². The summed E-state index contributed by atoms with van der Waals surface area (Å²) in [6.45, 7) is 0.721. The molecule has 3 aliphatic rings. The molecule has 0 radical (unpaired) electrons. The average molecular weight is 317 g/mol. The number of nitrogens with zero attached hydrogens (tertiary/aromatic N) is 2. The van der Waals surface area contributed by atoms with E-state index < -0.39 is 5.97 Å². The van der Waals surface area contributed by atoms with Gasteiger partial charge in [-0.3, -0.25) is 9.79 Å². The molecule has 22 heavy (non-hydrogen) atoms. The smallest absolute Gasteiger partial charge is 0.306 e. The molecule has 1 fully saturated rings. The van der Waals surface area contributed by atoms with Crippen molar-refractivity contribution in [1.82, 2.24) is 5.32 Å². The van der Waals surface area contributed by atoms with Crippen molar-refractivity contribution in [2.24, 2.45) is 27.7 Å². The maximum atomic E-state index is 11.0. The third-order valence-electron chi connectivity index (χ3n) is 4.48. The van der Waals surface area contributed by atoms with Crippen LogP contribution < -0.4 is 5.32 Å². The number of hydrogen-bond acceptors (Lipinski definition) is 3. The maximum absolute atomic E-state index is 11.0. The second-order valence-electron chi connectivity index (χ2n) is 5.97. The number of rotatable bonds is 3. The molecular formula is C16H19N3O2S. The van der Waals surface area contributed by atoms with Gasteiger partial charge in [-0.15, -0.1) is 0 Å². The van der Waals surface area contributed by atoms with Crippen LogP contribution >= 0.6 is 12.2 Å². The predicted molar refractivity (Wildman–Crippen MR) is 90.3 cm³/mol. The first-order valence-electron chi connectivity index (χ1n) is 7.65. The Kier molecular flexibility index (Phi) is 4.47. The minimum Gasteiger partial charge on any atom is -0.481 e. The lowest BCUT2D eigenvalue weighted by atomic mass is 9.82. The van der Waals surface area contributed by atoms with E-state index in [4.69, 9.17) is 22.3 Å². The molecule has 0 bridgehead atoms. The number of aliphatic imine (C=N–C) groups is 2. The van der Waals surface area contributed by atoms with Crippen molar-refractivity contribution in [1.29, 1.82) is 0 Å². The van der Waals surface area contributed by atoms with Crippen molar-refractivity contribution >= 4 is 34.8 Å². The number of fused-ring (bicyclic) bond motifs is 1. The minimum absolute atomic E-state index is 0.0621. The molecule has 0 aromatic rings. The molecule has 1 saturated carbocycles. The minimum atomic E-state index is -0.663. The van der Waals surface area contributed by atoms with Crippen molar-refractivity contribution in [3.05, 3.63) is 24.3 Å². The fourth-order valence-electron chi connectivity index (χ4n) is 3.16. The second-order valence-corrected chi connectivity index (χ2v) is 6.36. The number of amidine groups is 1. The van der Waals surface area contributed by atoms with Crippen molar-refractivity contribution < 1.29 is 9.90 Å². The van der Waals surface area contributed by atoms with Crippen molar-refractivity contribution in [3.63, 3.8) is 0 Å². The molecule has 1 unspecified atom stereocenters. The zero-order chi connectivity index (χ0) is 15.5. The number of allylic oxidation sites excluding steroid dienone is 3. The van der Waals surface area contributed by atoms with Gasteiger partial charge in [-0.2, -0.15) is 0 Å². The van der Waals surface area contributed by atoms with Gasteiger partial charge in [-0.1, -0.05) is 18.2 Å². The fourth-order valence-corrected chi connectivity index (χ4v) is 3.37. The summed E-state index contributed by atoms with van der Waals surface area (Å²) in [6, 6.07) is 0. The van der Waals surface area contributed by atoms with Crippen molar-refractivity contribution in [2.45, 2.75) is 25.7 Å². The highest BCUT2D eigenvalue weighted by Crippen LogP contribution is 2.29. The number of carbonyl (C=O) groups is 1. The number of carboxylic acids is 1. The van der Waals surface area contributed by atoms with Crippen LogP contribution in [0.15, 0.2) is 34.3 Å². The Morgan fingerprint density at radius 1 is 1.36 bits per heavy atom. The monoisotopic (exact) mass is 317 g/mol. The van der Waals surface area contributed by atoms with E-state index in [2.05, 4.69) is 16.4 Å². The van der Waals surface area contributed by atoms with Crippen LogP contribution in [0.25, 0.3) is 0 Å². The maximum Gasteiger partial charge on any atom is 0.306 e. The summed E-state index contributed by atoms with van der Waals surface area (Å²) >= 11 is 5.16. The normalized spacial score (nSPS) is 32.4. The molecule has 2 aliphatic carbocycles. The lowest BCUT2D eigenvalue weighted by Gasteiger charge is -2.27. The first-order chi connectivity index (χ1) is 10.6. The Labute approximate surface area is 134 Å². The first kappa shape index (κ1) is 15.1. The largest absolute Gasteiger partial charge is 0.481 e. The molecule has 1 atom stereocenters. The molecule has 1 aliphatic heterocycles. The van der Waals surface area contributed by atoms with Gasteiger partial charge in [0.05, 0.1) is 17.5 Å². The lowest BCUT2D eigenvalue weighted by molar-refractivity contribution is -0.143. The Morgan fingerprint density at radius 2 is 2.14 bits per heavy atom. The summed E-state index contributed by atoms with van der Waals surface area (Å²) in [7, 11) is 0. The van der Waals surface area contributed by atoms with E-state index in [0.29, 0.717) is 11.0 Å². The van der Waals surface area contributed by atoms with E-state index in [0.717, 1.165) is 43.8 Å². The summed E-state index contributed by atoms with van der Waals surface area (Å²) in [5, 5.41) is 12.6. The Hall–Kier alpha value is -1.82. The Morgan fingerprint density at radius 3 is 2.86 bits per heavy atom. The molecule has 1 heterocycles. The molecule has 5 nitrogen and oxygen atoms in total. The van der Waals surface area contributed by atoms with E-state index in [1.807, 2.05) is 18.2 Å². The quantitative estimate of drug-likeness (QED) is 0.784. The van der Waals surface area contributed by atoms with Gasteiger partial charge in [-0.05, 0) is 49.9 Å². The predicted octanol–water partition coefficient (Wildman–Crippen LogP) is 2.35. The van der Waals surface area contributed by atoms with E-state index >= 15 is 0 Å². The molecule has 6 heteroatoms. The van der Waals surface area contributed by atoms with Crippen LogP contribution in [0.1, 0.15) is 25.7 Å². The summed E-state index contributed by atoms with van der Waals surface area (Å²) in [5.74, 6) is 0.547. The Bertz CT molecular complexity index is 599. The Balaban J connectivity index is 1.62. The van der Waals surface area contributed by atoms with Crippen molar-refractivity contribution in [2.75, 3.05) is 6.54 Å². The van der Waals surface area contributed by atoms with Gasteiger partial charge in [0.1, 0.15) is 5.84 Å². The molecule has 0 aromatic heterocycles. The third kappa shape index (κ3) is 3.32. The highest BCUT2D eigenvalue weighted by molar-refractivity contribution is 7.80. The summed E-state index contributed by atoms with van der Waals surface area (Å²) in [6.07, 6.45) is 11.4. The topological polar surface area (TPSA) is 74.0 Å². The molecular weight excluding hydrogens is 298 g/mol. The fraction of sp³-hybridized carbons (Fsp3) is 0.500. The first-order valence-corrected chi connectivity index (χ1v) is 8.06. The molecule has 0 aromatic carbocycles. The molecule has 3 rings (SSSR count). The van der Waals surface area contributed by atoms with Gasteiger partial charge in [-0.25, -0.2) is 4.99 Å².